The zero-order valence-corrected chi connectivity index (χ0v) is 13.4. The van der Waals surface area contributed by atoms with Gasteiger partial charge in [-0.1, -0.05) is 0 Å². The summed E-state index contributed by atoms with van der Waals surface area (Å²) in [6.45, 7) is 1.61. The standard InChI is InChI=1S/C11H13N5O3.Na/c1-14-8-7(16(19)10(14)11(17)18)9(13-6-12-8)15-4-2-3-5-15;/h6H,2-5H2,1H3,(H,17,18);/q;+1/p-1. The fourth-order valence-corrected chi connectivity index (χ4v) is 2.51. The Bertz CT molecular complexity index is 666. The molecule has 1 fully saturated rings. The fraction of sp³-hybridized carbons (Fsp3) is 0.455. The van der Waals surface area contributed by atoms with Crippen molar-refractivity contribution in [2.24, 2.45) is 7.05 Å². The van der Waals surface area contributed by atoms with Crippen LogP contribution in [0.25, 0.3) is 11.2 Å². The van der Waals surface area contributed by atoms with E-state index in [4.69, 9.17) is 0 Å². The van der Waals surface area contributed by atoms with E-state index in [1.807, 2.05) is 4.90 Å². The molecule has 0 spiro atoms. The van der Waals surface area contributed by atoms with Crippen LogP contribution < -0.4 is 44.3 Å². The number of aryl methyl sites for hydroxylation is 1. The summed E-state index contributed by atoms with van der Waals surface area (Å²) in [4.78, 5) is 21.1. The Balaban J connectivity index is 0.00000147. The molecule has 3 rings (SSSR count). The average molecular weight is 285 g/mol. The molecule has 0 N–H and O–H groups in total. The number of imidazole rings is 1. The van der Waals surface area contributed by atoms with Gasteiger partial charge in [-0.3, -0.25) is 0 Å². The van der Waals surface area contributed by atoms with Crippen molar-refractivity contribution in [3.63, 3.8) is 0 Å². The Kier molecular flexibility index (Phi) is 4.17. The van der Waals surface area contributed by atoms with Gasteiger partial charge in [0.1, 0.15) is 6.33 Å². The monoisotopic (exact) mass is 285 g/mol. The minimum Gasteiger partial charge on any atom is -0.710 e. The van der Waals surface area contributed by atoms with Gasteiger partial charge in [-0.25, -0.2) is 14.3 Å². The van der Waals surface area contributed by atoms with Crippen LogP contribution in [0, 0.1) is 5.21 Å². The van der Waals surface area contributed by atoms with E-state index in [2.05, 4.69) is 9.97 Å². The SMILES string of the molecule is Cn1c(C(=O)[O-])[n+]([O-])c2c(N3CCCC3)ncnc21.[Na+]. The van der Waals surface area contributed by atoms with Crippen LogP contribution in [0.5, 0.6) is 0 Å². The molecule has 9 heteroatoms. The summed E-state index contributed by atoms with van der Waals surface area (Å²) >= 11 is 0. The van der Waals surface area contributed by atoms with Crippen LogP contribution >= 0.6 is 0 Å². The quantitative estimate of drug-likeness (QED) is 0.313. The van der Waals surface area contributed by atoms with Crippen molar-refractivity contribution in [3.05, 3.63) is 17.4 Å². The summed E-state index contributed by atoms with van der Waals surface area (Å²) in [7, 11) is 1.47. The number of aromatic carboxylic acids is 1. The van der Waals surface area contributed by atoms with Gasteiger partial charge in [0.15, 0.2) is 11.8 Å². The zero-order chi connectivity index (χ0) is 13.6. The molecule has 0 unspecified atom stereocenters. The topological polar surface area (TPSA) is 101 Å². The summed E-state index contributed by atoms with van der Waals surface area (Å²) in [5.41, 5.74) is 0.484. The summed E-state index contributed by atoms with van der Waals surface area (Å²) < 4.78 is 1.57. The number of carbonyl (C=O) groups is 1. The smallest absolute Gasteiger partial charge is 0.710 e. The number of carbonyl (C=O) groups excluding carboxylic acids is 1. The molecular weight excluding hydrogens is 273 g/mol. The zero-order valence-electron chi connectivity index (χ0n) is 11.4. The molecule has 0 aromatic carbocycles. The first kappa shape index (κ1) is 15.0. The molecule has 0 aliphatic carbocycles. The summed E-state index contributed by atoms with van der Waals surface area (Å²) in [5.74, 6) is -1.50. The third-order valence-electron chi connectivity index (χ3n) is 3.40. The average Bonchev–Trinajstić information content (AvgIpc) is 2.98. The third kappa shape index (κ3) is 2.13. The van der Waals surface area contributed by atoms with Crippen LogP contribution in [-0.4, -0.2) is 33.6 Å². The Hall–Kier alpha value is -1.38. The first-order valence-corrected chi connectivity index (χ1v) is 6.00. The summed E-state index contributed by atoms with van der Waals surface area (Å²) in [6.07, 6.45) is 3.41. The number of carboxylic acid groups (broad SMARTS) is 1. The van der Waals surface area contributed by atoms with Crippen LogP contribution in [0.15, 0.2) is 6.33 Å². The van der Waals surface area contributed by atoms with E-state index >= 15 is 0 Å². The maximum absolute atomic E-state index is 12.1. The molecule has 100 valence electrons. The van der Waals surface area contributed by atoms with E-state index in [0.29, 0.717) is 16.2 Å². The summed E-state index contributed by atoms with van der Waals surface area (Å²) in [6, 6.07) is 0. The Labute approximate surface area is 136 Å². The number of hydrogen-bond acceptors (Lipinski definition) is 6. The molecule has 0 amide bonds. The van der Waals surface area contributed by atoms with Crippen LogP contribution in [0.4, 0.5) is 5.82 Å². The number of rotatable bonds is 2. The van der Waals surface area contributed by atoms with E-state index in [0.717, 1.165) is 25.9 Å². The van der Waals surface area contributed by atoms with E-state index in [1.165, 1.54) is 17.9 Å². The second-order valence-electron chi connectivity index (χ2n) is 4.53. The number of nitrogens with zero attached hydrogens (tertiary/aromatic N) is 5. The molecular formula is C11H12N5NaO3. The van der Waals surface area contributed by atoms with Crippen molar-refractivity contribution >= 4 is 23.0 Å². The predicted octanol–water partition coefficient (Wildman–Crippen LogP) is -4.43. The molecule has 8 nitrogen and oxygen atoms in total. The second-order valence-corrected chi connectivity index (χ2v) is 4.53. The Morgan fingerprint density at radius 3 is 2.60 bits per heavy atom. The fourth-order valence-electron chi connectivity index (χ4n) is 2.51. The van der Waals surface area contributed by atoms with Gasteiger partial charge in [0.25, 0.3) is 5.65 Å². The summed E-state index contributed by atoms with van der Waals surface area (Å²) in [5, 5.41) is 23.2. The van der Waals surface area contributed by atoms with Crippen molar-refractivity contribution in [1.82, 2.24) is 14.5 Å². The van der Waals surface area contributed by atoms with E-state index < -0.39 is 11.8 Å². The molecule has 0 bridgehead atoms. The van der Waals surface area contributed by atoms with Gasteiger partial charge in [0, 0.05) is 13.1 Å². The van der Waals surface area contributed by atoms with Gasteiger partial charge in [0.05, 0.1) is 7.05 Å². The predicted molar refractivity (Wildman–Crippen MR) is 63.2 cm³/mol. The van der Waals surface area contributed by atoms with Crippen molar-refractivity contribution in [2.75, 3.05) is 18.0 Å². The molecule has 0 saturated carbocycles. The number of aromatic nitrogens is 4. The Morgan fingerprint density at radius 1 is 1.35 bits per heavy atom. The minimum atomic E-state index is -1.53. The number of fused-ring (bicyclic) bond motifs is 1. The van der Waals surface area contributed by atoms with E-state index in [9.17, 15) is 15.1 Å². The number of anilines is 1. The largest absolute Gasteiger partial charge is 1.00 e. The van der Waals surface area contributed by atoms with E-state index in [-0.39, 0.29) is 35.1 Å². The van der Waals surface area contributed by atoms with Gasteiger partial charge in [0.2, 0.25) is 5.52 Å². The van der Waals surface area contributed by atoms with Gasteiger partial charge in [-0.2, -0.15) is 4.98 Å². The van der Waals surface area contributed by atoms with Crippen LogP contribution in [0.1, 0.15) is 23.5 Å². The van der Waals surface area contributed by atoms with Crippen LogP contribution in [0.2, 0.25) is 0 Å². The number of carboxylic acids is 1. The molecule has 1 saturated heterocycles. The van der Waals surface area contributed by atoms with Gasteiger partial charge in [-0.15, -0.1) is 0 Å². The molecule has 1 aliphatic rings. The van der Waals surface area contributed by atoms with Crippen LogP contribution in [-0.2, 0) is 7.05 Å². The normalized spacial score (nSPS) is 14.6. The molecule has 1 aliphatic heterocycles. The number of hydrogen-bond donors (Lipinski definition) is 0. The van der Waals surface area contributed by atoms with Crippen molar-refractivity contribution < 1.29 is 44.2 Å². The molecule has 2 aromatic heterocycles. The molecule has 0 radical (unpaired) electrons. The van der Waals surface area contributed by atoms with Crippen molar-refractivity contribution in [2.45, 2.75) is 12.8 Å². The van der Waals surface area contributed by atoms with E-state index in [1.54, 1.807) is 0 Å². The minimum absolute atomic E-state index is 0. The van der Waals surface area contributed by atoms with Gasteiger partial charge >= 0.3 is 35.4 Å². The molecule has 3 heterocycles. The second kappa shape index (κ2) is 5.55. The maximum atomic E-state index is 12.1. The van der Waals surface area contributed by atoms with Crippen LogP contribution in [0.3, 0.4) is 0 Å². The van der Waals surface area contributed by atoms with Crippen molar-refractivity contribution in [1.29, 1.82) is 0 Å². The molecule has 2 aromatic rings. The molecule has 0 atom stereocenters. The maximum Gasteiger partial charge on any atom is 1.00 e. The molecule has 20 heavy (non-hydrogen) atoms. The van der Waals surface area contributed by atoms with Gasteiger partial charge in [-0.05, 0) is 12.8 Å². The first-order chi connectivity index (χ1) is 9.11. The van der Waals surface area contributed by atoms with Gasteiger partial charge < -0.3 is 20.0 Å². The first-order valence-electron chi connectivity index (χ1n) is 6.00. The third-order valence-corrected chi connectivity index (χ3v) is 3.40. The van der Waals surface area contributed by atoms with Crippen molar-refractivity contribution in [3.8, 4) is 0 Å². The Morgan fingerprint density at radius 2 is 2.00 bits per heavy atom.